The monoisotopic (exact) mass is 199 g/mol. The van der Waals surface area contributed by atoms with Gasteiger partial charge in [-0.1, -0.05) is 11.8 Å². The van der Waals surface area contributed by atoms with Gasteiger partial charge in [0.05, 0.1) is 18.2 Å². The quantitative estimate of drug-likeness (QED) is 0.702. The average molecular weight is 199 g/mol. The number of hydrogen-bond acceptors (Lipinski definition) is 2. The number of rotatable bonds is 1. The maximum absolute atomic E-state index is 8.77. The SMILES string of the molecule is Cc1cc(C#N)cc(C)c1C#CCCO. The van der Waals surface area contributed by atoms with Gasteiger partial charge in [-0.15, -0.1) is 0 Å². The highest BCUT2D eigenvalue weighted by molar-refractivity contribution is 5.50. The van der Waals surface area contributed by atoms with E-state index in [0.29, 0.717) is 12.0 Å². The van der Waals surface area contributed by atoms with Crippen LogP contribution >= 0.6 is 0 Å². The van der Waals surface area contributed by atoms with Gasteiger partial charge < -0.3 is 5.11 Å². The van der Waals surface area contributed by atoms with Gasteiger partial charge in [-0.05, 0) is 37.1 Å². The lowest BCUT2D eigenvalue weighted by atomic mass is 10.00. The van der Waals surface area contributed by atoms with Crippen LogP contribution in [0.1, 0.15) is 28.7 Å². The van der Waals surface area contributed by atoms with E-state index in [0.717, 1.165) is 16.7 Å². The van der Waals surface area contributed by atoms with E-state index in [1.807, 2.05) is 26.0 Å². The second-order valence-corrected chi connectivity index (χ2v) is 3.37. The first-order valence-electron chi connectivity index (χ1n) is 4.80. The molecular weight excluding hydrogens is 186 g/mol. The van der Waals surface area contributed by atoms with Crippen molar-refractivity contribution in [3.8, 4) is 17.9 Å². The average Bonchev–Trinajstić information content (AvgIpc) is 2.22. The molecule has 2 nitrogen and oxygen atoms in total. The Morgan fingerprint density at radius 2 is 1.87 bits per heavy atom. The molecule has 0 aromatic heterocycles. The van der Waals surface area contributed by atoms with Gasteiger partial charge in [0.2, 0.25) is 0 Å². The van der Waals surface area contributed by atoms with Gasteiger partial charge in [0.25, 0.3) is 0 Å². The van der Waals surface area contributed by atoms with Gasteiger partial charge in [0.1, 0.15) is 0 Å². The predicted molar refractivity (Wildman–Crippen MR) is 59.2 cm³/mol. The summed E-state index contributed by atoms with van der Waals surface area (Å²) in [6, 6.07) is 5.77. The molecule has 0 aliphatic rings. The van der Waals surface area contributed by atoms with Crippen molar-refractivity contribution in [2.24, 2.45) is 0 Å². The van der Waals surface area contributed by atoms with Crippen molar-refractivity contribution in [3.05, 3.63) is 34.4 Å². The highest BCUT2D eigenvalue weighted by atomic mass is 16.2. The van der Waals surface area contributed by atoms with E-state index in [9.17, 15) is 0 Å². The number of aryl methyl sites for hydroxylation is 2. The molecule has 0 saturated carbocycles. The summed E-state index contributed by atoms with van der Waals surface area (Å²) >= 11 is 0. The Morgan fingerprint density at radius 1 is 1.27 bits per heavy atom. The first kappa shape index (κ1) is 11.3. The van der Waals surface area contributed by atoms with Crippen molar-refractivity contribution < 1.29 is 5.11 Å². The lowest BCUT2D eigenvalue weighted by molar-refractivity contribution is 0.305. The zero-order valence-corrected chi connectivity index (χ0v) is 8.96. The molecule has 0 spiro atoms. The highest BCUT2D eigenvalue weighted by Gasteiger charge is 2.01. The van der Waals surface area contributed by atoms with E-state index in [1.54, 1.807) is 0 Å². The van der Waals surface area contributed by atoms with E-state index in [-0.39, 0.29) is 6.61 Å². The van der Waals surface area contributed by atoms with E-state index in [1.165, 1.54) is 0 Å². The standard InChI is InChI=1S/C13H13NO/c1-10-7-12(9-14)8-11(2)13(10)5-3-4-6-15/h7-8,15H,4,6H2,1-2H3. The van der Waals surface area contributed by atoms with Crippen LogP contribution in [-0.2, 0) is 0 Å². The van der Waals surface area contributed by atoms with Gasteiger partial charge in [-0.2, -0.15) is 5.26 Å². The molecule has 76 valence electrons. The molecule has 2 heteroatoms. The normalized spacial score (nSPS) is 8.93. The maximum atomic E-state index is 8.77. The molecule has 0 amide bonds. The van der Waals surface area contributed by atoms with E-state index in [2.05, 4.69) is 17.9 Å². The number of aliphatic hydroxyl groups excluding tert-OH is 1. The van der Waals surface area contributed by atoms with Crippen LogP contribution in [0.15, 0.2) is 12.1 Å². The summed E-state index contributed by atoms with van der Waals surface area (Å²) in [5, 5.41) is 17.4. The lowest BCUT2D eigenvalue weighted by Crippen LogP contribution is -1.90. The third-order valence-electron chi connectivity index (χ3n) is 2.11. The van der Waals surface area contributed by atoms with E-state index >= 15 is 0 Å². The van der Waals surface area contributed by atoms with Crippen LogP contribution in [0.2, 0.25) is 0 Å². The van der Waals surface area contributed by atoms with Crippen molar-refractivity contribution in [2.75, 3.05) is 6.61 Å². The van der Waals surface area contributed by atoms with Gasteiger partial charge in [0, 0.05) is 12.0 Å². The van der Waals surface area contributed by atoms with Gasteiger partial charge in [-0.25, -0.2) is 0 Å². The summed E-state index contributed by atoms with van der Waals surface area (Å²) in [6.45, 7) is 3.97. The van der Waals surface area contributed by atoms with Crippen LogP contribution in [0.3, 0.4) is 0 Å². The van der Waals surface area contributed by atoms with Crippen LogP contribution < -0.4 is 0 Å². The second-order valence-electron chi connectivity index (χ2n) is 3.37. The van der Waals surface area contributed by atoms with Crippen LogP contribution in [0.25, 0.3) is 0 Å². The minimum Gasteiger partial charge on any atom is -0.395 e. The molecule has 1 N–H and O–H groups in total. The Balaban J connectivity index is 3.12. The van der Waals surface area contributed by atoms with Crippen molar-refractivity contribution in [2.45, 2.75) is 20.3 Å². The third-order valence-corrected chi connectivity index (χ3v) is 2.11. The Bertz CT molecular complexity index is 435. The number of aliphatic hydroxyl groups is 1. The summed E-state index contributed by atoms with van der Waals surface area (Å²) in [5.41, 5.74) is 3.65. The van der Waals surface area contributed by atoms with Crippen LogP contribution in [0.5, 0.6) is 0 Å². The summed E-state index contributed by atoms with van der Waals surface area (Å²) in [5.74, 6) is 5.90. The summed E-state index contributed by atoms with van der Waals surface area (Å²) in [7, 11) is 0. The number of nitriles is 1. The van der Waals surface area contributed by atoms with Crippen molar-refractivity contribution in [3.63, 3.8) is 0 Å². The molecule has 1 aromatic rings. The van der Waals surface area contributed by atoms with E-state index < -0.39 is 0 Å². The second kappa shape index (κ2) is 5.20. The molecule has 0 unspecified atom stereocenters. The molecule has 0 atom stereocenters. The molecule has 0 heterocycles. The smallest absolute Gasteiger partial charge is 0.0991 e. The molecule has 1 rings (SSSR count). The largest absolute Gasteiger partial charge is 0.395 e. The van der Waals surface area contributed by atoms with Crippen LogP contribution in [0, 0.1) is 37.0 Å². The first-order chi connectivity index (χ1) is 7.19. The minimum absolute atomic E-state index is 0.0847. The fraction of sp³-hybridized carbons (Fsp3) is 0.308. The van der Waals surface area contributed by atoms with E-state index in [4.69, 9.17) is 10.4 Å². The Hall–Kier alpha value is -1.77. The molecule has 0 saturated heterocycles. The third kappa shape index (κ3) is 2.84. The first-order valence-corrected chi connectivity index (χ1v) is 4.80. The fourth-order valence-corrected chi connectivity index (χ4v) is 1.43. The van der Waals surface area contributed by atoms with Gasteiger partial charge in [0.15, 0.2) is 0 Å². The Labute approximate surface area is 90.2 Å². The molecule has 1 aromatic carbocycles. The zero-order valence-electron chi connectivity index (χ0n) is 8.96. The van der Waals surface area contributed by atoms with Gasteiger partial charge >= 0.3 is 0 Å². The molecule has 0 aliphatic heterocycles. The molecule has 15 heavy (non-hydrogen) atoms. The molecule has 0 bridgehead atoms. The summed E-state index contributed by atoms with van der Waals surface area (Å²) < 4.78 is 0. The maximum Gasteiger partial charge on any atom is 0.0991 e. The summed E-state index contributed by atoms with van der Waals surface area (Å²) in [6.07, 6.45) is 0.485. The molecule has 0 radical (unpaired) electrons. The Morgan fingerprint density at radius 3 is 2.33 bits per heavy atom. The summed E-state index contributed by atoms with van der Waals surface area (Å²) in [4.78, 5) is 0. The lowest BCUT2D eigenvalue weighted by Gasteiger charge is -2.03. The van der Waals surface area contributed by atoms with Crippen molar-refractivity contribution >= 4 is 0 Å². The van der Waals surface area contributed by atoms with Crippen LogP contribution in [-0.4, -0.2) is 11.7 Å². The zero-order chi connectivity index (χ0) is 11.3. The fourth-order valence-electron chi connectivity index (χ4n) is 1.43. The van der Waals surface area contributed by atoms with Crippen molar-refractivity contribution in [1.82, 2.24) is 0 Å². The Kier molecular flexibility index (Phi) is 3.92. The molecular formula is C13H13NO. The minimum atomic E-state index is 0.0847. The highest BCUT2D eigenvalue weighted by Crippen LogP contribution is 2.15. The van der Waals surface area contributed by atoms with Crippen molar-refractivity contribution in [1.29, 1.82) is 5.26 Å². The molecule has 0 fully saturated rings. The topological polar surface area (TPSA) is 44.0 Å². The van der Waals surface area contributed by atoms with Gasteiger partial charge in [-0.3, -0.25) is 0 Å². The number of nitrogens with zero attached hydrogens (tertiary/aromatic N) is 1. The number of benzene rings is 1. The van der Waals surface area contributed by atoms with Crippen LogP contribution in [0.4, 0.5) is 0 Å². The predicted octanol–water partition coefficient (Wildman–Crippen LogP) is 1.91. The molecule has 0 aliphatic carbocycles. The number of hydrogen-bond donors (Lipinski definition) is 1.